The first-order chi connectivity index (χ1) is 9.14. The van der Waals surface area contributed by atoms with Crippen LogP contribution < -0.4 is 0 Å². The first-order valence-electron chi connectivity index (χ1n) is 5.26. The van der Waals surface area contributed by atoms with Gasteiger partial charge in [0.15, 0.2) is 5.82 Å². The van der Waals surface area contributed by atoms with Gasteiger partial charge in [0.25, 0.3) is 0 Å². The summed E-state index contributed by atoms with van der Waals surface area (Å²) < 4.78 is 64.4. The van der Waals surface area contributed by atoms with Crippen molar-refractivity contribution in [2.45, 2.75) is 18.6 Å². The molecule has 1 aromatic carbocycles. The van der Waals surface area contributed by atoms with Gasteiger partial charge in [-0.25, -0.2) is 4.98 Å². The number of aliphatic carboxylic acids is 1. The Bertz CT molecular complexity index is 662. The molecule has 0 spiro atoms. The Morgan fingerprint density at radius 1 is 1.20 bits per heavy atom. The second-order valence-electron chi connectivity index (χ2n) is 3.98. The Morgan fingerprint density at radius 2 is 1.80 bits per heavy atom. The molecule has 0 amide bonds. The van der Waals surface area contributed by atoms with E-state index in [1.807, 2.05) is 0 Å². The fourth-order valence-electron chi connectivity index (χ4n) is 1.74. The van der Waals surface area contributed by atoms with E-state index in [9.17, 15) is 26.7 Å². The minimum absolute atomic E-state index is 0.103. The van der Waals surface area contributed by atoms with Gasteiger partial charge in [0.1, 0.15) is 6.54 Å². The largest absolute Gasteiger partial charge is 0.480 e. The molecule has 2 rings (SSSR count). The highest BCUT2D eigenvalue weighted by Crippen LogP contribution is 2.44. The summed E-state index contributed by atoms with van der Waals surface area (Å²) in [6, 6.07) is 5.23. The summed E-state index contributed by atoms with van der Waals surface area (Å²) in [5, 5.41) is 8.66. The Labute approximate surface area is 108 Å². The summed E-state index contributed by atoms with van der Waals surface area (Å²) in [5.41, 5.74) is -0.235. The van der Waals surface area contributed by atoms with Gasteiger partial charge in [-0.3, -0.25) is 4.79 Å². The van der Waals surface area contributed by atoms with Gasteiger partial charge >= 0.3 is 18.1 Å². The van der Waals surface area contributed by atoms with Crippen molar-refractivity contribution in [1.82, 2.24) is 9.55 Å². The molecule has 2 aromatic rings. The standard InChI is InChI=1S/C11H7F5N2O2/c12-10(13,11(14,15)16)9-17-6-3-1-2-4-7(6)18(9)5-8(19)20/h1-4H,5H2,(H,19,20). The molecular formula is C11H7F5N2O2. The molecule has 0 bridgehead atoms. The molecule has 4 nitrogen and oxygen atoms in total. The van der Waals surface area contributed by atoms with Crippen molar-refractivity contribution in [3.8, 4) is 0 Å². The molecule has 0 saturated heterocycles. The van der Waals surface area contributed by atoms with Gasteiger partial charge in [-0.15, -0.1) is 0 Å². The smallest absolute Gasteiger partial charge is 0.461 e. The zero-order chi connectivity index (χ0) is 15.1. The van der Waals surface area contributed by atoms with E-state index >= 15 is 0 Å². The number of imidazole rings is 1. The van der Waals surface area contributed by atoms with E-state index in [2.05, 4.69) is 4.98 Å². The third kappa shape index (κ3) is 2.19. The van der Waals surface area contributed by atoms with Crippen molar-refractivity contribution in [2.24, 2.45) is 0 Å². The molecule has 0 unspecified atom stereocenters. The second-order valence-corrected chi connectivity index (χ2v) is 3.98. The second kappa shape index (κ2) is 4.43. The summed E-state index contributed by atoms with van der Waals surface area (Å²) in [4.78, 5) is 13.9. The SMILES string of the molecule is O=C(O)Cn1c(C(F)(F)C(F)(F)F)nc2ccccc21. The van der Waals surface area contributed by atoms with Crippen LogP contribution in [0, 0.1) is 0 Å². The number of alkyl halides is 5. The van der Waals surface area contributed by atoms with Gasteiger partial charge in [-0.05, 0) is 12.1 Å². The average Bonchev–Trinajstić information content (AvgIpc) is 2.67. The summed E-state index contributed by atoms with van der Waals surface area (Å²) in [6.45, 7) is -1.04. The zero-order valence-corrected chi connectivity index (χ0v) is 9.66. The number of para-hydroxylation sites is 2. The van der Waals surface area contributed by atoms with Crippen molar-refractivity contribution < 1.29 is 31.9 Å². The Morgan fingerprint density at radius 3 is 2.35 bits per heavy atom. The lowest BCUT2D eigenvalue weighted by Gasteiger charge is -2.19. The lowest BCUT2D eigenvalue weighted by Crippen LogP contribution is -2.37. The fourth-order valence-corrected chi connectivity index (χ4v) is 1.74. The lowest BCUT2D eigenvalue weighted by atomic mass is 10.3. The minimum atomic E-state index is -5.86. The number of halogens is 5. The van der Waals surface area contributed by atoms with Gasteiger partial charge in [0.05, 0.1) is 11.0 Å². The van der Waals surface area contributed by atoms with Crippen molar-refractivity contribution in [2.75, 3.05) is 0 Å². The molecule has 1 aromatic heterocycles. The topological polar surface area (TPSA) is 55.1 Å². The number of hydrogen-bond acceptors (Lipinski definition) is 2. The quantitative estimate of drug-likeness (QED) is 0.886. The predicted octanol–water partition coefficient (Wildman–Crippen LogP) is 2.78. The van der Waals surface area contributed by atoms with Crippen LogP contribution in [-0.4, -0.2) is 26.8 Å². The maximum Gasteiger partial charge on any atom is 0.461 e. The number of aromatic nitrogens is 2. The number of rotatable bonds is 3. The van der Waals surface area contributed by atoms with E-state index in [4.69, 9.17) is 5.11 Å². The van der Waals surface area contributed by atoms with Crippen LogP contribution in [-0.2, 0) is 17.3 Å². The van der Waals surface area contributed by atoms with Crippen molar-refractivity contribution in [3.05, 3.63) is 30.1 Å². The Kier molecular flexibility index (Phi) is 3.15. The summed E-state index contributed by atoms with van der Waals surface area (Å²) >= 11 is 0. The maximum atomic E-state index is 13.4. The minimum Gasteiger partial charge on any atom is -0.480 e. The molecule has 0 aliphatic heterocycles. The van der Waals surface area contributed by atoms with Crippen molar-refractivity contribution in [1.29, 1.82) is 0 Å². The van der Waals surface area contributed by atoms with Crippen molar-refractivity contribution in [3.63, 3.8) is 0 Å². The molecule has 108 valence electrons. The third-order valence-corrected chi connectivity index (χ3v) is 2.58. The number of carboxylic acids is 1. The fraction of sp³-hybridized carbons (Fsp3) is 0.273. The molecule has 20 heavy (non-hydrogen) atoms. The van der Waals surface area contributed by atoms with Gasteiger partial charge in [0, 0.05) is 0 Å². The molecule has 0 aliphatic carbocycles. The van der Waals surface area contributed by atoms with Crippen LogP contribution >= 0.6 is 0 Å². The first kappa shape index (κ1) is 14.2. The van der Waals surface area contributed by atoms with E-state index in [-0.39, 0.29) is 11.0 Å². The van der Waals surface area contributed by atoms with Crippen LogP contribution in [0.5, 0.6) is 0 Å². The third-order valence-electron chi connectivity index (χ3n) is 2.58. The molecule has 1 N–H and O–H groups in total. The number of fused-ring (bicyclic) bond motifs is 1. The number of carboxylic acid groups (broad SMARTS) is 1. The number of benzene rings is 1. The molecule has 0 saturated carbocycles. The van der Waals surface area contributed by atoms with Crippen LogP contribution in [0.4, 0.5) is 22.0 Å². The zero-order valence-electron chi connectivity index (χ0n) is 9.66. The Balaban J connectivity index is 2.72. The van der Waals surface area contributed by atoms with Gasteiger partial charge in [0.2, 0.25) is 0 Å². The highest BCUT2D eigenvalue weighted by Gasteiger charge is 2.61. The van der Waals surface area contributed by atoms with E-state index < -0.39 is 30.4 Å². The monoisotopic (exact) mass is 294 g/mol. The van der Waals surface area contributed by atoms with Gasteiger partial charge < -0.3 is 9.67 Å². The maximum absolute atomic E-state index is 13.4. The number of carbonyl (C=O) groups is 1. The molecule has 0 atom stereocenters. The summed E-state index contributed by atoms with van der Waals surface area (Å²) in [6.07, 6.45) is -5.86. The normalized spacial score (nSPS) is 12.8. The highest BCUT2D eigenvalue weighted by atomic mass is 19.4. The van der Waals surface area contributed by atoms with E-state index in [1.54, 1.807) is 0 Å². The van der Waals surface area contributed by atoms with Crippen LogP contribution in [0.25, 0.3) is 11.0 Å². The van der Waals surface area contributed by atoms with Gasteiger partial charge in [-0.1, -0.05) is 12.1 Å². The highest BCUT2D eigenvalue weighted by molar-refractivity contribution is 5.78. The molecule has 0 radical (unpaired) electrons. The predicted molar refractivity (Wildman–Crippen MR) is 57.3 cm³/mol. The number of nitrogens with zero attached hydrogens (tertiary/aromatic N) is 2. The van der Waals surface area contributed by atoms with Gasteiger partial charge in [-0.2, -0.15) is 22.0 Å². The Hall–Kier alpha value is -2.19. The van der Waals surface area contributed by atoms with Crippen LogP contribution in [0.15, 0.2) is 24.3 Å². The molecule has 9 heteroatoms. The van der Waals surface area contributed by atoms with Crippen LogP contribution in [0.3, 0.4) is 0 Å². The van der Waals surface area contributed by atoms with E-state index in [1.165, 1.54) is 24.3 Å². The van der Waals surface area contributed by atoms with Crippen LogP contribution in [0.1, 0.15) is 5.82 Å². The summed E-state index contributed by atoms with van der Waals surface area (Å²) in [7, 11) is 0. The average molecular weight is 294 g/mol. The van der Waals surface area contributed by atoms with E-state index in [0.29, 0.717) is 4.57 Å². The van der Waals surface area contributed by atoms with E-state index in [0.717, 1.165) is 0 Å². The van der Waals surface area contributed by atoms with Crippen molar-refractivity contribution >= 4 is 17.0 Å². The molecule has 0 fully saturated rings. The summed E-state index contributed by atoms with van der Waals surface area (Å²) in [5.74, 6) is -8.41. The van der Waals surface area contributed by atoms with Crippen LogP contribution in [0.2, 0.25) is 0 Å². The molecule has 0 aliphatic rings. The molecular weight excluding hydrogens is 287 g/mol. The first-order valence-corrected chi connectivity index (χ1v) is 5.26. The lowest BCUT2D eigenvalue weighted by molar-refractivity contribution is -0.293. The molecule has 1 heterocycles. The number of hydrogen-bond donors (Lipinski definition) is 1.